The molecule has 0 fully saturated rings. The number of para-hydroxylation sites is 2. The molecule has 2 amide bonds. The monoisotopic (exact) mass is 470 g/mol. The first kappa shape index (κ1) is 23.7. The van der Waals surface area contributed by atoms with Crippen molar-refractivity contribution in [1.82, 2.24) is 9.55 Å². The lowest BCUT2D eigenvalue weighted by atomic mass is 10.1. The minimum absolute atomic E-state index is 0.0169. The Morgan fingerprint density at radius 2 is 1.69 bits per heavy atom. The van der Waals surface area contributed by atoms with Crippen LogP contribution in [0.15, 0.2) is 77.6 Å². The number of nitrogens with zero attached hydrogens (tertiary/aromatic N) is 3. The fraction of sp³-hybridized carbons (Fsp3) is 0.185. The Balaban J connectivity index is 1.72. The van der Waals surface area contributed by atoms with Gasteiger partial charge < -0.3 is 10.1 Å². The molecule has 0 radical (unpaired) electrons. The number of anilines is 2. The Morgan fingerprint density at radius 3 is 2.37 bits per heavy atom. The molecule has 35 heavy (non-hydrogen) atoms. The van der Waals surface area contributed by atoms with Crippen LogP contribution in [0.1, 0.15) is 18.1 Å². The number of benzene rings is 3. The van der Waals surface area contributed by atoms with E-state index < -0.39 is 5.56 Å². The van der Waals surface area contributed by atoms with Crippen LogP contribution in [0.4, 0.5) is 11.5 Å². The standard InChI is InChI=1S/C27H26N4O4/c1-18-8-4-5-9-20(18)16-30(19(2)32)26-27(34)31(24-11-7-6-10-23(24)29-26)17-25(33)28-21-12-14-22(35-3)15-13-21/h4-15H,16-17H2,1-3H3,(H,28,33). The summed E-state index contributed by atoms with van der Waals surface area (Å²) in [5.41, 5.74) is 2.98. The maximum absolute atomic E-state index is 13.6. The predicted molar refractivity (Wildman–Crippen MR) is 136 cm³/mol. The highest BCUT2D eigenvalue weighted by atomic mass is 16.5. The molecule has 0 aliphatic carbocycles. The van der Waals surface area contributed by atoms with Crippen molar-refractivity contribution in [2.45, 2.75) is 26.9 Å². The van der Waals surface area contributed by atoms with Crippen molar-refractivity contribution in [3.05, 3.63) is 94.3 Å². The molecule has 0 bridgehead atoms. The van der Waals surface area contributed by atoms with Crippen molar-refractivity contribution < 1.29 is 14.3 Å². The average molecular weight is 471 g/mol. The molecular weight excluding hydrogens is 444 g/mol. The second-order valence-corrected chi connectivity index (χ2v) is 8.12. The largest absolute Gasteiger partial charge is 0.497 e. The summed E-state index contributed by atoms with van der Waals surface area (Å²) in [6.45, 7) is 3.30. The highest BCUT2D eigenvalue weighted by Crippen LogP contribution is 2.19. The summed E-state index contributed by atoms with van der Waals surface area (Å²) in [5.74, 6) is -0.0473. The van der Waals surface area contributed by atoms with E-state index in [1.54, 1.807) is 55.6 Å². The number of methoxy groups -OCH3 is 1. The number of carbonyl (C=O) groups excluding carboxylic acids is 2. The number of hydrogen-bond acceptors (Lipinski definition) is 5. The molecule has 8 nitrogen and oxygen atoms in total. The van der Waals surface area contributed by atoms with E-state index in [9.17, 15) is 14.4 Å². The van der Waals surface area contributed by atoms with Crippen LogP contribution in [-0.4, -0.2) is 28.5 Å². The molecule has 0 aliphatic heterocycles. The Labute approximate surface area is 202 Å². The Morgan fingerprint density at radius 1 is 1.00 bits per heavy atom. The summed E-state index contributed by atoms with van der Waals surface area (Å²) in [7, 11) is 1.57. The third-order valence-electron chi connectivity index (χ3n) is 5.74. The Hall–Kier alpha value is -4.46. The van der Waals surface area contributed by atoms with Gasteiger partial charge >= 0.3 is 0 Å². The van der Waals surface area contributed by atoms with Gasteiger partial charge in [-0.15, -0.1) is 0 Å². The van der Waals surface area contributed by atoms with Crippen LogP contribution in [0.3, 0.4) is 0 Å². The van der Waals surface area contributed by atoms with E-state index in [4.69, 9.17) is 4.74 Å². The number of hydrogen-bond donors (Lipinski definition) is 1. The SMILES string of the molecule is COc1ccc(NC(=O)Cn2c(=O)c(N(Cc3ccccc3C)C(C)=O)nc3ccccc32)cc1. The van der Waals surface area contributed by atoms with Crippen molar-refractivity contribution in [1.29, 1.82) is 0 Å². The van der Waals surface area contributed by atoms with E-state index in [1.807, 2.05) is 31.2 Å². The van der Waals surface area contributed by atoms with Gasteiger partial charge in [-0.25, -0.2) is 4.98 Å². The van der Waals surface area contributed by atoms with Gasteiger partial charge in [0.1, 0.15) is 12.3 Å². The van der Waals surface area contributed by atoms with Crippen LogP contribution in [-0.2, 0) is 22.7 Å². The molecule has 1 N–H and O–H groups in total. The molecule has 0 spiro atoms. The minimum Gasteiger partial charge on any atom is -0.497 e. The average Bonchev–Trinajstić information content (AvgIpc) is 2.85. The zero-order valence-electron chi connectivity index (χ0n) is 19.8. The number of fused-ring (bicyclic) bond motifs is 1. The fourth-order valence-corrected chi connectivity index (χ4v) is 3.82. The molecule has 4 aromatic rings. The van der Waals surface area contributed by atoms with E-state index in [1.165, 1.54) is 16.4 Å². The van der Waals surface area contributed by atoms with Crippen LogP contribution in [0.5, 0.6) is 5.75 Å². The second-order valence-electron chi connectivity index (χ2n) is 8.12. The summed E-state index contributed by atoms with van der Waals surface area (Å²) >= 11 is 0. The van der Waals surface area contributed by atoms with Crippen LogP contribution >= 0.6 is 0 Å². The van der Waals surface area contributed by atoms with E-state index in [0.29, 0.717) is 22.5 Å². The quantitative estimate of drug-likeness (QED) is 0.442. The van der Waals surface area contributed by atoms with Crippen LogP contribution < -0.4 is 20.5 Å². The Bertz CT molecular complexity index is 1440. The number of nitrogens with one attached hydrogen (secondary N) is 1. The lowest BCUT2D eigenvalue weighted by Crippen LogP contribution is -2.38. The van der Waals surface area contributed by atoms with Gasteiger partial charge in [-0.3, -0.25) is 23.9 Å². The topological polar surface area (TPSA) is 93.5 Å². The summed E-state index contributed by atoms with van der Waals surface area (Å²) in [6.07, 6.45) is 0. The highest BCUT2D eigenvalue weighted by Gasteiger charge is 2.22. The number of aromatic nitrogens is 2. The third kappa shape index (κ3) is 5.22. The summed E-state index contributed by atoms with van der Waals surface area (Å²) < 4.78 is 6.49. The molecule has 0 aliphatic rings. The van der Waals surface area contributed by atoms with Crippen molar-refractivity contribution in [2.75, 3.05) is 17.3 Å². The number of aryl methyl sites for hydroxylation is 1. The summed E-state index contributed by atoms with van der Waals surface area (Å²) in [6, 6.07) is 21.6. The summed E-state index contributed by atoms with van der Waals surface area (Å²) in [5, 5.41) is 2.80. The predicted octanol–water partition coefficient (Wildman–Crippen LogP) is 3.91. The molecule has 1 heterocycles. The van der Waals surface area contributed by atoms with Crippen LogP contribution in [0.25, 0.3) is 11.0 Å². The van der Waals surface area contributed by atoms with Crippen molar-refractivity contribution in [3.8, 4) is 5.75 Å². The van der Waals surface area contributed by atoms with Gasteiger partial charge in [0.15, 0.2) is 0 Å². The zero-order valence-corrected chi connectivity index (χ0v) is 19.8. The molecule has 0 atom stereocenters. The molecule has 1 aromatic heterocycles. The molecule has 3 aromatic carbocycles. The zero-order chi connectivity index (χ0) is 24.9. The van der Waals surface area contributed by atoms with Crippen LogP contribution in [0.2, 0.25) is 0 Å². The van der Waals surface area contributed by atoms with Gasteiger partial charge in [-0.1, -0.05) is 36.4 Å². The number of rotatable bonds is 7. The van der Waals surface area contributed by atoms with Gasteiger partial charge in [-0.05, 0) is 54.4 Å². The van der Waals surface area contributed by atoms with Crippen molar-refractivity contribution in [3.63, 3.8) is 0 Å². The minimum atomic E-state index is -0.516. The third-order valence-corrected chi connectivity index (χ3v) is 5.74. The summed E-state index contributed by atoms with van der Waals surface area (Å²) in [4.78, 5) is 45.0. The first-order chi connectivity index (χ1) is 16.9. The fourth-order valence-electron chi connectivity index (χ4n) is 3.82. The molecule has 0 saturated heterocycles. The molecule has 0 unspecified atom stereocenters. The Kier molecular flexibility index (Phi) is 6.91. The lowest BCUT2D eigenvalue weighted by Gasteiger charge is -2.22. The van der Waals surface area contributed by atoms with Gasteiger partial charge in [-0.2, -0.15) is 0 Å². The first-order valence-corrected chi connectivity index (χ1v) is 11.1. The van der Waals surface area contributed by atoms with Crippen molar-refractivity contribution >= 4 is 34.4 Å². The molecular formula is C27H26N4O4. The molecule has 0 saturated carbocycles. The normalized spacial score (nSPS) is 10.7. The maximum atomic E-state index is 13.6. The first-order valence-electron chi connectivity index (χ1n) is 11.1. The van der Waals surface area contributed by atoms with Crippen LogP contribution in [0, 0.1) is 6.92 Å². The molecule has 178 valence electrons. The number of amides is 2. The van der Waals surface area contributed by atoms with E-state index in [-0.39, 0.29) is 30.7 Å². The van der Waals surface area contributed by atoms with Crippen molar-refractivity contribution in [2.24, 2.45) is 0 Å². The highest BCUT2D eigenvalue weighted by molar-refractivity contribution is 5.93. The van der Waals surface area contributed by atoms with Gasteiger partial charge in [0.2, 0.25) is 17.6 Å². The lowest BCUT2D eigenvalue weighted by molar-refractivity contribution is -0.117. The van der Waals surface area contributed by atoms with E-state index in [0.717, 1.165) is 11.1 Å². The number of carbonyl (C=O) groups is 2. The smallest absolute Gasteiger partial charge is 0.294 e. The van der Waals surface area contributed by atoms with Gasteiger partial charge in [0, 0.05) is 12.6 Å². The molecule has 4 rings (SSSR count). The maximum Gasteiger partial charge on any atom is 0.294 e. The van der Waals surface area contributed by atoms with E-state index >= 15 is 0 Å². The van der Waals surface area contributed by atoms with Gasteiger partial charge in [0.25, 0.3) is 5.56 Å². The molecule has 8 heteroatoms. The number of ether oxygens (including phenoxy) is 1. The van der Waals surface area contributed by atoms with Gasteiger partial charge in [0.05, 0.1) is 24.7 Å². The van der Waals surface area contributed by atoms with E-state index in [2.05, 4.69) is 10.3 Å². The second kappa shape index (κ2) is 10.2.